The third-order valence-corrected chi connectivity index (χ3v) is 2.88. The Labute approximate surface area is 118 Å². The van der Waals surface area contributed by atoms with E-state index in [-0.39, 0.29) is 6.67 Å². The summed E-state index contributed by atoms with van der Waals surface area (Å²) in [5.74, 6) is 0.593. The fourth-order valence-electron chi connectivity index (χ4n) is 2.02. The number of hydrogen-bond donors (Lipinski definition) is 1. The summed E-state index contributed by atoms with van der Waals surface area (Å²) >= 11 is 0. The van der Waals surface area contributed by atoms with E-state index in [1.165, 1.54) is 0 Å². The van der Waals surface area contributed by atoms with Crippen molar-refractivity contribution in [2.24, 2.45) is 5.92 Å². The molecule has 0 spiro atoms. The predicted octanol–water partition coefficient (Wildman–Crippen LogP) is 1.99. The first kappa shape index (κ1) is 14.7. The summed E-state index contributed by atoms with van der Waals surface area (Å²) < 4.78 is 15.8. The average Bonchev–Trinajstić information content (AvgIpc) is 2.99. The van der Waals surface area contributed by atoms with Gasteiger partial charge in [-0.1, -0.05) is 13.8 Å². The monoisotopic (exact) mass is 279 g/mol. The maximum absolute atomic E-state index is 12.2. The number of nitrogens with one attached hydrogen (secondary N) is 1. The molecule has 2 aromatic heterocycles. The van der Waals surface area contributed by atoms with Crippen LogP contribution in [0.2, 0.25) is 0 Å². The zero-order valence-corrected chi connectivity index (χ0v) is 12.1. The molecule has 0 bridgehead atoms. The van der Waals surface area contributed by atoms with Crippen LogP contribution in [-0.2, 0) is 26.2 Å². The van der Waals surface area contributed by atoms with Crippen molar-refractivity contribution in [3.8, 4) is 0 Å². The van der Waals surface area contributed by atoms with Gasteiger partial charge in [-0.3, -0.25) is 9.36 Å². The Bertz CT molecular complexity index is 517. The highest BCUT2D eigenvalue weighted by Gasteiger charge is 2.02. The van der Waals surface area contributed by atoms with Crippen molar-refractivity contribution in [3.63, 3.8) is 0 Å². The zero-order chi connectivity index (χ0) is 14.4. The molecule has 0 fully saturated rings. The molecule has 0 amide bonds. The molecule has 0 aromatic carbocycles. The largest absolute Gasteiger partial charge is 0.307 e. The van der Waals surface area contributed by atoms with Crippen molar-refractivity contribution >= 4 is 0 Å². The third-order valence-electron chi connectivity index (χ3n) is 2.88. The van der Waals surface area contributed by atoms with Crippen LogP contribution >= 0.6 is 0 Å². The van der Waals surface area contributed by atoms with Crippen molar-refractivity contribution in [1.29, 1.82) is 0 Å². The molecular weight excluding hydrogens is 257 g/mol. The minimum atomic E-state index is -0.385. The number of rotatable bonds is 8. The smallest absolute Gasteiger partial charge is 0.109 e. The summed E-state index contributed by atoms with van der Waals surface area (Å²) in [7, 11) is 0. The first-order valence-electron chi connectivity index (χ1n) is 6.97. The van der Waals surface area contributed by atoms with E-state index in [4.69, 9.17) is 0 Å². The molecule has 2 heterocycles. The molecule has 0 saturated heterocycles. The van der Waals surface area contributed by atoms with Gasteiger partial charge in [0.2, 0.25) is 0 Å². The summed E-state index contributed by atoms with van der Waals surface area (Å²) in [5.41, 5.74) is 2.09. The van der Waals surface area contributed by atoms with Gasteiger partial charge in [-0.05, 0) is 12.0 Å². The molecule has 2 aromatic rings. The fraction of sp³-hybridized carbons (Fsp3) is 0.571. The predicted molar refractivity (Wildman–Crippen MR) is 75.8 cm³/mol. The van der Waals surface area contributed by atoms with Gasteiger partial charge in [-0.15, -0.1) is 0 Å². The molecule has 5 nitrogen and oxygen atoms in total. The van der Waals surface area contributed by atoms with Crippen molar-refractivity contribution in [3.05, 3.63) is 35.9 Å². The van der Waals surface area contributed by atoms with Crippen molar-refractivity contribution < 1.29 is 4.39 Å². The normalized spacial score (nSPS) is 11.4. The Kier molecular flexibility index (Phi) is 5.29. The van der Waals surface area contributed by atoms with Crippen LogP contribution in [0.15, 0.2) is 24.7 Å². The topological polar surface area (TPSA) is 47.7 Å². The molecule has 6 heteroatoms. The summed E-state index contributed by atoms with van der Waals surface area (Å²) in [6.07, 6.45) is 5.75. The SMILES string of the molecule is CC(C)Cn1cc(CNCc2ccn(CCF)n2)cn1. The van der Waals surface area contributed by atoms with E-state index in [1.54, 1.807) is 10.9 Å². The Morgan fingerprint density at radius 2 is 2.15 bits per heavy atom. The first-order chi connectivity index (χ1) is 9.67. The second-order valence-corrected chi connectivity index (χ2v) is 5.33. The molecule has 0 unspecified atom stereocenters. The standard InChI is InChI=1S/C14H22FN5/c1-12(2)10-20-11-13(8-17-20)7-16-9-14-3-5-19(18-14)6-4-15/h3,5,8,11-12,16H,4,6-7,9-10H2,1-2H3. The van der Waals surface area contributed by atoms with E-state index < -0.39 is 0 Å². The van der Waals surface area contributed by atoms with Gasteiger partial charge in [0.05, 0.1) is 18.4 Å². The molecule has 0 radical (unpaired) electrons. The van der Waals surface area contributed by atoms with Gasteiger partial charge in [0.1, 0.15) is 6.67 Å². The van der Waals surface area contributed by atoms with E-state index >= 15 is 0 Å². The van der Waals surface area contributed by atoms with E-state index in [1.807, 2.05) is 16.9 Å². The Hall–Kier alpha value is -1.69. The lowest BCUT2D eigenvalue weighted by atomic mass is 10.2. The highest BCUT2D eigenvalue weighted by molar-refractivity contribution is 5.04. The highest BCUT2D eigenvalue weighted by atomic mass is 19.1. The number of alkyl halides is 1. The molecule has 20 heavy (non-hydrogen) atoms. The van der Waals surface area contributed by atoms with Gasteiger partial charge in [-0.25, -0.2) is 4.39 Å². The molecule has 0 aliphatic heterocycles. The molecule has 0 aliphatic carbocycles. The lowest BCUT2D eigenvalue weighted by Gasteiger charge is -2.03. The number of halogens is 1. The van der Waals surface area contributed by atoms with Gasteiger partial charge in [0, 0.05) is 37.6 Å². The van der Waals surface area contributed by atoms with E-state index in [2.05, 4.69) is 35.6 Å². The first-order valence-corrected chi connectivity index (χ1v) is 6.97. The number of hydrogen-bond acceptors (Lipinski definition) is 3. The molecule has 0 aliphatic rings. The lowest BCUT2D eigenvalue weighted by molar-refractivity contribution is 0.425. The molecule has 2 rings (SSSR count). The Morgan fingerprint density at radius 3 is 2.90 bits per heavy atom. The van der Waals surface area contributed by atoms with Crippen LogP contribution in [0.1, 0.15) is 25.1 Å². The summed E-state index contributed by atoms with van der Waals surface area (Å²) in [6, 6.07) is 1.91. The van der Waals surface area contributed by atoms with Gasteiger partial charge in [-0.2, -0.15) is 10.2 Å². The van der Waals surface area contributed by atoms with E-state index in [0.29, 0.717) is 19.0 Å². The Morgan fingerprint density at radius 1 is 1.30 bits per heavy atom. The molecule has 1 N–H and O–H groups in total. The number of nitrogens with zero attached hydrogens (tertiary/aromatic N) is 4. The second kappa shape index (κ2) is 7.19. The van der Waals surface area contributed by atoms with Gasteiger partial charge >= 0.3 is 0 Å². The maximum Gasteiger partial charge on any atom is 0.109 e. The lowest BCUT2D eigenvalue weighted by Crippen LogP contribution is -2.13. The number of aryl methyl sites for hydroxylation is 1. The highest BCUT2D eigenvalue weighted by Crippen LogP contribution is 2.02. The Balaban J connectivity index is 1.75. The van der Waals surface area contributed by atoms with Gasteiger partial charge in [0.15, 0.2) is 0 Å². The minimum absolute atomic E-state index is 0.321. The van der Waals surface area contributed by atoms with Gasteiger partial charge in [0.25, 0.3) is 0 Å². The van der Waals surface area contributed by atoms with E-state index in [0.717, 1.165) is 24.3 Å². The van der Waals surface area contributed by atoms with Crippen LogP contribution < -0.4 is 5.32 Å². The summed E-state index contributed by atoms with van der Waals surface area (Å²) in [4.78, 5) is 0. The van der Waals surface area contributed by atoms with Crippen molar-refractivity contribution in [1.82, 2.24) is 24.9 Å². The summed E-state index contributed by atoms with van der Waals surface area (Å²) in [5, 5.41) is 11.9. The van der Waals surface area contributed by atoms with Gasteiger partial charge < -0.3 is 5.32 Å². The minimum Gasteiger partial charge on any atom is -0.307 e. The zero-order valence-electron chi connectivity index (χ0n) is 12.1. The molecule has 110 valence electrons. The molecular formula is C14H22FN5. The fourth-order valence-corrected chi connectivity index (χ4v) is 2.02. The molecule has 0 saturated carbocycles. The van der Waals surface area contributed by atoms with Crippen LogP contribution in [-0.4, -0.2) is 26.2 Å². The van der Waals surface area contributed by atoms with Crippen LogP contribution in [0.3, 0.4) is 0 Å². The van der Waals surface area contributed by atoms with Crippen molar-refractivity contribution in [2.45, 2.75) is 40.0 Å². The van der Waals surface area contributed by atoms with E-state index in [9.17, 15) is 4.39 Å². The van der Waals surface area contributed by atoms with Crippen LogP contribution in [0, 0.1) is 5.92 Å². The third kappa shape index (κ3) is 4.45. The van der Waals surface area contributed by atoms with Crippen LogP contribution in [0.4, 0.5) is 4.39 Å². The second-order valence-electron chi connectivity index (χ2n) is 5.33. The average molecular weight is 279 g/mol. The van der Waals surface area contributed by atoms with Crippen LogP contribution in [0.5, 0.6) is 0 Å². The van der Waals surface area contributed by atoms with Crippen LogP contribution in [0.25, 0.3) is 0 Å². The molecule has 0 atom stereocenters. The quantitative estimate of drug-likeness (QED) is 0.804. The number of aromatic nitrogens is 4. The summed E-state index contributed by atoms with van der Waals surface area (Å²) in [6.45, 7) is 6.66. The maximum atomic E-state index is 12.2. The van der Waals surface area contributed by atoms with Crippen molar-refractivity contribution in [2.75, 3.05) is 6.67 Å².